The predicted octanol–water partition coefficient (Wildman–Crippen LogP) is 2.24. The largest absolute Gasteiger partial charge is 0.481 e. The number of aliphatic carboxylic acids is 1. The van der Waals surface area contributed by atoms with E-state index >= 15 is 0 Å². The number of carbonyl (C=O) groups is 2. The lowest BCUT2D eigenvalue weighted by Crippen LogP contribution is -2.31. The zero-order valence-electron chi connectivity index (χ0n) is 11.8. The van der Waals surface area contributed by atoms with Gasteiger partial charge < -0.3 is 15.4 Å². The molecule has 0 fully saturated rings. The zero-order valence-corrected chi connectivity index (χ0v) is 11.8. The SMILES string of the molecule is Cc1cc(C)c2cc(C(=O)NC[C@H](C)C(=O)O)[nH]c2c1. The number of fused-ring (bicyclic) bond motifs is 1. The Labute approximate surface area is 117 Å². The average Bonchev–Trinajstić information content (AvgIpc) is 2.79. The summed E-state index contributed by atoms with van der Waals surface area (Å²) in [6.07, 6.45) is 0. The molecule has 2 aromatic rings. The molecule has 1 aromatic carbocycles. The summed E-state index contributed by atoms with van der Waals surface area (Å²) in [5.41, 5.74) is 3.60. The number of hydrogen-bond acceptors (Lipinski definition) is 2. The van der Waals surface area contributed by atoms with Gasteiger partial charge >= 0.3 is 5.97 Å². The van der Waals surface area contributed by atoms with Crippen molar-refractivity contribution < 1.29 is 14.7 Å². The van der Waals surface area contributed by atoms with Crippen molar-refractivity contribution >= 4 is 22.8 Å². The summed E-state index contributed by atoms with van der Waals surface area (Å²) in [5, 5.41) is 12.4. The van der Waals surface area contributed by atoms with Crippen LogP contribution >= 0.6 is 0 Å². The Balaban J connectivity index is 2.19. The molecule has 20 heavy (non-hydrogen) atoms. The molecule has 0 saturated carbocycles. The molecule has 5 heteroatoms. The number of carboxylic acids is 1. The summed E-state index contributed by atoms with van der Waals surface area (Å²) in [6.45, 7) is 5.67. The summed E-state index contributed by atoms with van der Waals surface area (Å²) in [5.74, 6) is -1.81. The van der Waals surface area contributed by atoms with Crippen LogP contribution in [0, 0.1) is 19.8 Å². The third kappa shape index (κ3) is 2.82. The molecule has 0 unspecified atom stereocenters. The van der Waals surface area contributed by atoms with E-state index in [1.165, 1.54) is 0 Å². The first-order valence-electron chi connectivity index (χ1n) is 6.49. The summed E-state index contributed by atoms with van der Waals surface area (Å²) in [7, 11) is 0. The Morgan fingerprint density at radius 1 is 1.30 bits per heavy atom. The first-order chi connectivity index (χ1) is 9.38. The molecular weight excluding hydrogens is 256 g/mol. The van der Waals surface area contributed by atoms with E-state index in [1.807, 2.05) is 19.9 Å². The van der Waals surface area contributed by atoms with E-state index in [1.54, 1.807) is 13.0 Å². The fourth-order valence-electron chi connectivity index (χ4n) is 2.15. The lowest BCUT2D eigenvalue weighted by molar-refractivity contribution is -0.140. The molecule has 2 rings (SSSR count). The van der Waals surface area contributed by atoms with E-state index < -0.39 is 11.9 Å². The van der Waals surface area contributed by atoms with Crippen LogP contribution in [0.5, 0.6) is 0 Å². The van der Waals surface area contributed by atoms with Crippen LogP contribution in [0.4, 0.5) is 0 Å². The van der Waals surface area contributed by atoms with Crippen LogP contribution in [0.2, 0.25) is 0 Å². The average molecular weight is 274 g/mol. The molecule has 0 aliphatic rings. The number of hydrogen-bond donors (Lipinski definition) is 3. The third-order valence-corrected chi connectivity index (χ3v) is 3.32. The van der Waals surface area contributed by atoms with Gasteiger partial charge in [-0.05, 0) is 37.1 Å². The van der Waals surface area contributed by atoms with E-state index in [0.717, 1.165) is 22.0 Å². The molecule has 1 amide bonds. The molecule has 3 N–H and O–H groups in total. The summed E-state index contributed by atoms with van der Waals surface area (Å²) in [4.78, 5) is 25.8. The molecule has 5 nitrogen and oxygen atoms in total. The van der Waals surface area contributed by atoms with Crippen molar-refractivity contribution in [3.8, 4) is 0 Å². The van der Waals surface area contributed by atoms with Crippen molar-refractivity contribution in [3.63, 3.8) is 0 Å². The van der Waals surface area contributed by atoms with Crippen molar-refractivity contribution in [2.45, 2.75) is 20.8 Å². The molecular formula is C15H18N2O3. The lowest BCUT2D eigenvalue weighted by atomic mass is 10.1. The second-order valence-electron chi connectivity index (χ2n) is 5.18. The van der Waals surface area contributed by atoms with Crippen molar-refractivity contribution in [1.82, 2.24) is 10.3 Å². The highest BCUT2D eigenvalue weighted by molar-refractivity contribution is 5.99. The first kappa shape index (κ1) is 14.1. The van der Waals surface area contributed by atoms with E-state index in [9.17, 15) is 9.59 Å². The number of H-pyrrole nitrogens is 1. The Morgan fingerprint density at radius 2 is 2.00 bits per heavy atom. The molecule has 1 atom stereocenters. The van der Waals surface area contributed by atoms with Crippen LogP contribution in [0.25, 0.3) is 10.9 Å². The van der Waals surface area contributed by atoms with Gasteiger partial charge in [0, 0.05) is 17.4 Å². The maximum absolute atomic E-state index is 12.0. The van der Waals surface area contributed by atoms with Crippen molar-refractivity contribution in [3.05, 3.63) is 35.0 Å². The van der Waals surface area contributed by atoms with Crippen LogP contribution < -0.4 is 5.32 Å². The van der Waals surface area contributed by atoms with Gasteiger partial charge in [0.2, 0.25) is 0 Å². The fourth-order valence-corrected chi connectivity index (χ4v) is 2.15. The van der Waals surface area contributed by atoms with Gasteiger partial charge in [0.1, 0.15) is 5.69 Å². The first-order valence-corrected chi connectivity index (χ1v) is 6.49. The van der Waals surface area contributed by atoms with Crippen LogP contribution in [0.1, 0.15) is 28.5 Å². The Hall–Kier alpha value is -2.30. The topological polar surface area (TPSA) is 82.2 Å². The predicted molar refractivity (Wildman–Crippen MR) is 76.9 cm³/mol. The summed E-state index contributed by atoms with van der Waals surface area (Å²) < 4.78 is 0. The minimum Gasteiger partial charge on any atom is -0.481 e. The van der Waals surface area contributed by atoms with Gasteiger partial charge in [-0.15, -0.1) is 0 Å². The van der Waals surface area contributed by atoms with E-state index in [4.69, 9.17) is 5.11 Å². The second kappa shape index (κ2) is 5.36. The number of aromatic nitrogens is 1. The van der Waals surface area contributed by atoms with Crippen LogP contribution in [-0.4, -0.2) is 28.5 Å². The smallest absolute Gasteiger partial charge is 0.308 e. The zero-order chi connectivity index (χ0) is 14.9. The van der Waals surface area contributed by atoms with Gasteiger partial charge in [-0.3, -0.25) is 9.59 Å². The minimum atomic E-state index is -0.923. The number of benzene rings is 1. The number of amides is 1. The highest BCUT2D eigenvalue weighted by Gasteiger charge is 2.15. The quantitative estimate of drug-likeness (QED) is 0.799. The number of nitrogens with one attached hydrogen (secondary N) is 2. The monoisotopic (exact) mass is 274 g/mol. The molecule has 0 saturated heterocycles. The van der Waals surface area contributed by atoms with E-state index in [-0.39, 0.29) is 12.5 Å². The van der Waals surface area contributed by atoms with Crippen molar-refractivity contribution in [1.29, 1.82) is 0 Å². The number of carboxylic acid groups (broad SMARTS) is 1. The van der Waals surface area contributed by atoms with Gasteiger partial charge in [0.15, 0.2) is 0 Å². The summed E-state index contributed by atoms with van der Waals surface area (Å²) in [6, 6.07) is 5.84. The second-order valence-corrected chi connectivity index (χ2v) is 5.18. The number of aromatic amines is 1. The standard InChI is InChI=1S/C15H18N2O3/c1-8-4-9(2)11-6-13(17-12(11)5-8)14(18)16-7-10(3)15(19)20/h4-6,10,17H,7H2,1-3H3,(H,16,18)(H,19,20)/t10-/m0/s1. The van der Waals surface area contributed by atoms with E-state index in [2.05, 4.69) is 16.4 Å². The van der Waals surface area contributed by atoms with Gasteiger partial charge in [-0.1, -0.05) is 13.0 Å². The van der Waals surface area contributed by atoms with Gasteiger partial charge in [-0.25, -0.2) is 0 Å². The number of aryl methyl sites for hydroxylation is 2. The van der Waals surface area contributed by atoms with Gasteiger partial charge in [0.05, 0.1) is 5.92 Å². The molecule has 1 heterocycles. The van der Waals surface area contributed by atoms with Gasteiger partial charge in [-0.2, -0.15) is 0 Å². The van der Waals surface area contributed by atoms with Crippen molar-refractivity contribution in [2.75, 3.05) is 6.54 Å². The molecule has 106 valence electrons. The van der Waals surface area contributed by atoms with Crippen molar-refractivity contribution in [2.24, 2.45) is 5.92 Å². The van der Waals surface area contributed by atoms with Crippen LogP contribution in [-0.2, 0) is 4.79 Å². The molecule has 0 spiro atoms. The van der Waals surface area contributed by atoms with Crippen LogP contribution in [0.3, 0.4) is 0 Å². The number of rotatable bonds is 4. The maximum Gasteiger partial charge on any atom is 0.308 e. The van der Waals surface area contributed by atoms with E-state index in [0.29, 0.717) is 5.69 Å². The normalized spacial score (nSPS) is 12.3. The Bertz CT molecular complexity index is 673. The molecule has 0 aliphatic heterocycles. The van der Waals surface area contributed by atoms with Gasteiger partial charge in [0.25, 0.3) is 5.91 Å². The molecule has 0 bridgehead atoms. The Kier molecular flexibility index (Phi) is 3.79. The molecule has 0 radical (unpaired) electrons. The highest BCUT2D eigenvalue weighted by Crippen LogP contribution is 2.21. The Morgan fingerprint density at radius 3 is 2.65 bits per heavy atom. The summed E-state index contributed by atoms with van der Waals surface area (Å²) >= 11 is 0. The number of carbonyl (C=O) groups excluding carboxylic acids is 1. The lowest BCUT2D eigenvalue weighted by Gasteiger charge is -2.06. The highest BCUT2D eigenvalue weighted by atomic mass is 16.4. The fraction of sp³-hybridized carbons (Fsp3) is 0.333. The minimum absolute atomic E-state index is 0.113. The molecule has 0 aliphatic carbocycles. The maximum atomic E-state index is 12.0. The molecule has 1 aromatic heterocycles. The van der Waals surface area contributed by atoms with Crippen LogP contribution in [0.15, 0.2) is 18.2 Å². The third-order valence-electron chi connectivity index (χ3n) is 3.32.